The Kier molecular flexibility index (Phi) is 9.43. The first-order valence-corrected chi connectivity index (χ1v) is 14.7. The Labute approximate surface area is 234 Å². The number of hydrogen-bond donors (Lipinski definition) is 1. The summed E-state index contributed by atoms with van der Waals surface area (Å²) >= 11 is 12.4. The Morgan fingerprint density at radius 3 is 2.39 bits per heavy atom. The molecule has 0 aromatic heterocycles. The molecule has 1 heterocycles. The second-order valence-corrected chi connectivity index (χ2v) is 12.9. The summed E-state index contributed by atoms with van der Waals surface area (Å²) in [5.41, 5.74) is 0.559. The molecule has 3 rings (SSSR count). The van der Waals surface area contributed by atoms with E-state index in [2.05, 4.69) is 5.32 Å². The zero-order chi connectivity index (χ0) is 28.3. The van der Waals surface area contributed by atoms with Crippen LogP contribution in [0.1, 0.15) is 46.1 Å². The normalized spacial score (nSPS) is 13.7. The van der Waals surface area contributed by atoms with Crippen molar-refractivity contribution in [3.8, 4) is 11.5 Å². The molecular weight excluding hydrogens is 553 g/mol. The average molecular weight is 587 g/mol. The summed E-state index contributed by atoms with van der Waals surface area (Å²) in [5.74, 6) is 0.370. The maximum atomic E-state index is 13.4. The van der Waals surface area contributed by atoms with E-state index in [4.69, 9.17) is 32.7 Å². The Bertz CT molecular complexity index is 1300. The maximum Gasteiger partial charge on any atom is 0.242 e. The van der Waals surface area contributed by atoms with Gasteiger partial charge in [0.25, 0.3) is 0 Å². The Balaban J connectivity index is 1.77. The second kappa shape index (κ2) is 12.0. The molecule has 9 nitrogen and oxygen atoms in total. The molecule has 208 valence electrons. The van der Waals surface area contributed by atoms with Gasteiger partial charge in [0, 0.05) is 41.2 Å². The molecule has 0 aliphatic carbocycles. The minimum absolute atomic E-state index is 0.00885. The molecule has 0 saturated heterocycles. The van der Waals surface area contributed by atoms with Gasteiger partial charge in [0.1, 0.15) is 6.04 Å². The molecule has 0 bridgehead atoms. The number of nitrogens with one attached hydrogen (secondary N) is 1. The van der Waals surface area contributed by atoms with Crippen LogP contribution in [0, 0.1) is 0 Å². The summed E-state index contributed by atoms with van der Waals surface area (Å²) in [4.78, 5) is 27.8. The van der Waals surface area contributed by atoms with Gasteiger partial charge in [-0.05, 0) is 63.9 Å². The number of fused-ring (bicyclic) bond motifs is 1. The van der Waals surface area contributed by atoms with E-state index in [1.807, 2.05) is 20.8 Å². The van der Waals surface area contributed by atoms with Crippen LogP contribution >= 0.6 is 23.2 Å². The average Bonchev–Trinajstić information content (AvgIpc) is 3.27. The van der Waals surface area contributed by atoms with Crippen LogP contribution < -0.4 is 19.1 Å². The van der Waals surface area contributed by atoms with E-state index >= 15 is 0 Å². The number of sulfonamides is 1. The molecule has 0 unspecified atom stereocenters. The summed E-state index contributed by atoms with van der Waals surface area (Å²) in [6.45, 7) is 7.44. The van der Waals surface area contributed by atoms with Crippen molar-refractivity contribution in [2.45, 2.75) is 58.7 Å². The lowest BCUT2D eigenvalue weighted by molar-refractivity contribution is -0.141. The van der Waals surface area contributed by atoms with Gasteiger partial charge in [-0.3, -0.25) is 13.9 Å². The van der Waals surface area contributed by atoms with Crippen molar-refractivity contribution >= 4 is 50.7 Å². The molecule has 0 spiro atoms. The molecule has 0 saturated carbocycles. The number of amides is 2. The summed E-state index contributed by atoms with van der Waals surface area (Å²) in [6, 6.07) is 9.03. The summed E-state index contributed by atoms with van der Waals surface area (Å²) in [5, 5.41) is 3.74. The maximum absolute atomic E-state index is 13.4. The van der Waals surface area contributed by atoms with E-state index in [0.717, 1.165) is 6.26 Å². The van der Waals surface area contributed by atoms with Crippen molar-refractivity contribution in [1.29, 1.82) is 0 Å². The van der Waals surface area contributed by atoms with Crippen LogP contribution in [-0.2, 0) is 26.2 Å². The van der Waals surface area contributed by atoms with Gasteiger partial charge >= 0.3 is 0 Å². The molecule has 2 aromatic carbocycles. The number of rotatable bonds is 10. The summed E-state index contributed by atoms with van der Waals surface area (Å²) < 4.78 is 37.0. The van der Waals surface area contributed by atoms with E-state index in [-0.39, 0.29) is 44.5 Å². The fraction of sp³-hybridized carbons (Fsp3) is 0.462. The van der Waals surface area contributed by atoms with Gasteiger partial charge in [-0.25, -0.2) is 8.42 Å². The van der Waals surface area contributed by atoms with Crippen molar-refractivity contribution in [3.63, 3.8) is 0 Å². The van der Waals surface area contributed by atoms with Crippen LogP contribution in [0.15, 0.2) is 36.4 Å². The SMILES string of the molecule is C[C@@H](C(=O)NC(C)(C)C)N(Cc1ccc(Cl)cc1Cl)C(=O)CCCN(c1ccc2c(c1)OCO2)S(C)(=O)=O. The quantitative estimate of drug-likeness (QED) is 0.437. The predicted octanol–water partition coefficient (Wildman–Crippen LogP) is 4.60. The van der Waals surface area contributed by atoms with Crippen LogP contribution in [-0.4, -0.2) is 56.3 Å². The highest BCUT2D eigenvalue weighted by molar-refractivity contribution is 7.92. The molecule has 1 aliphatic heterocycles. The van der Waals surface area contributed by atoms with E-state index < -0.39 is 21.6 Å². The summed E-state index contributed by atoms with van der Waals surface area (Å²) in [7, 11) is -3.64. The van der Waals surface area contributed by atoms with Gasteiger partial charge in [0.15, 0.2) is 11.5 Å². The molecule has 0 fully saturated rings. The van der Waals surface area contributed by atoms with E-state index in [9.17, 15) is 18.0 Å². The molecule has 12 heteroatoms. The van der Waals surface area contributed by atoms with Crippen LogP contribution in [0.2, 0.25) is 10.0 Å². The Hall–Kier alpha value is -2.69. The number of carbonyl (C=O) groups excluding carboxylic acids is 2. The van der Waals surface area contributed by atoms with Gasteiger partial charge in [0.05, 0.1) is 11.9 Å². The lowest BCUT2D eigenvalue weighted by Gasteiger charge is -2.32. The van der Waals surface area contributed by atoms with E-state index in [1.165, 1.54) is 9.21 Å². The standard InChI is InChI=1S/C26H33Cl2N3O6S/c1-17(25(33)29-26(2,3)4)30(15-18-8-9-19(27)13-21(18)28)24(32)7-6-12-31(38(5,34)35)20-10-11-22-23(14-20)37-16-36-22/h8-11,13-14,17H,6-7,12,15-16H2,1-5H3,(H,29,33)/t17-/m0/s1. The third-order valence-electron chi connectivity index (χ3n) is 5.82. The molecule has 1 N–H and O–H groups in total. The Morgan fingerprint density at radius 2 is 1.76 bits per heavy atom. The van der Waals surface area contributed by atoms with Gasteiger partial charge in [0.2, 0.25) is 28.6 Å². The van der Waals surface area contributed by atoms with Gasteiger partial charge in [-0.1, -0.05) is 29.3 Å². The monoisotopic (exact) mass is 585 g/mol. The zero-order valence-electron chi connectivity index (χ0n) is 22.1. The minimum atomic E-state index is -3.64. The van der Waals surface area contributed by atoms with Crippen molar-refractivity contribution in [1.82, 2.24) is 10.2 Å². The van der Waals surface area contributed by atoms with Crippen LogP contribution in [0.3, 0.4) is 0 Å². The highest BCUT2D eigenvalue weighted by Gasteiger charge is 2.29. The second-order valence-electron chi connectivity index (χ2n) is 10.1. The third-order valence-corrected chi connectivity index (χ3v) is 7.60. The van der Waals surface area contributed by atoms with Crippen LogP contribution in [0.4, 0.5) is 5.69 Å². The number of hydrogen-bond acceptors (Lipinski definition) is 6. The topological polar surface area (TPSA) is 105 Å². The third kappa shape index (κ3) is 7.91. The number of nitrogens with zero attached hydrogens (tertiary/aromatic N) is 2. The lowest BCUT2D eigenvalue weighted by Crippen LogP contribution is -2.52. The van der Waals surface area contributed by atoms with E-state index in [0.29, 0.717) is 32.8 Å². The first kappa shape index (κ1) is 29.9. The number of carbonyl (C=O) groups is 2. The Morgan fingerprint density at radius 1 is 1.08 bits per heavy atom. The minimum Gasteiger partial charge on any atom is -0.454 e. The number of anilines is 1. The van der Waals surface area contributed by atoms with Crippen molar-refractivity contribution in [2.24, 2.45) is 0 Å². The first-order chi connectivity index (χ1) is 17.7. The van der Waals surface area contributed by atoms with Gasteiger partial charge in [-0.15, -0.1) is 0 Å². The van der Waals surface area contributed by atoms with Crippen molar-refractivity contribution < 1.29 is 27.5 Å². The zero-order valence-corrected chi connectivity index (χ0v) is 24.4. The fourth-order valence-electron chi connectivity index (χ4n) is 3.93. The molecule has 1 aliphatic rings. The van der Waals surface area contributed by atoms with Crippen LogP contribution in [0.5, 0.6) is 11.5 Å². The fourth-order valence-corrected chi connectivity index (χ4v) is 5.36. The highest BCUT2D eigenvalue weighted by atomic mass is 35.5. The number of ether oxygens (including phenoxy) is 2. The molecule has 2 aromatic rings. The van der Waals surface area contributed by atoms with Gasteiger partial charge in [-0.2, -0.15) is 0 Å². The lowest BCUT2D eigenvalue weighted by atomic mass is 10.1. The first-order valence-electron chi connectivity index (χ1n) is 12.1. The van der Waals surface area contributed by atoms with E-state index in [1.54, 1.807) is 43.3 Å². The van der Waals surface area contributed by atoms with Crippen molar-refractivity contribution in [2.75, 3.05) is 23.9 Å². The smallest absolute Gasteiger partial charge is 0.242 e. The molecule has 2 amide bonds. The number of benzene rings is 2. The molecule has 38 heavy (non-hydrogen) atoms. The van der Waals surface area contributed by atoms with Gasteiger partial charge < -0.3 is 19.7 Å². The largest absolute Gasteiger partial charge is 0.454 e. The molecule has 0 radical (unpaired) electrons. The van der Waals surface area contributed by atoms with Crippen molar-refractivity contribution in [3.05, 3.63) is 52.0 Å². The number of halogens is 2. The summed E-state index contributed by atoms with van der Waals surface area (Å²) in [6.07, 6.45) is 1.33. The highest BCUT2D eigenvalue weighted by Crippen LogP contribution is 2.36. The molecule has 1 atom stereocenters. The predicted molar refractivity (Wildman–Crippen MR) is 148 cm³/mol. The molecular formula is C26H33Cl2N3O6S. The van der Waals surface area contributed by atoms with Crippen LogP contribution in [0.25, 0.3) is 0 Å².